The summed E-state index contributed by atoms with van der Waals surface area (Å²) in [6.45, 7) is 0. The van der Waals surface area contributed by atoms with Crippen molar-refractivity contribution in [3.63, 3.8) is 0 Å². The smallest absolute Gasteiger partial charge is 0.160 e. The molecule has 11 rings (SSSR count). The Bertz CT molecular complexity index is 3180. The van der Waals surface area contributed by atoms with Crippen molar-refractivity contribution >= 4 is 75.3 Å². The van der Waals surface area contributed by atoms with Crippen molar-refractivity contribution in [2.45, 2.75) is 0 Å². The second-order valence-corrected chi connectivity index (χ2v) is 14.2. The Hall–Kier alpha value is -6.69. The fraction of sp³-hybridized carbons (Fsp3) is 0. The molecule has 4 nitrogen and oxygen atoms in total. The van der Waals surface area contributed by atoms with E-state index in [-0.39, 0.29) is 0 Å². The molecule has 0 saturated heterocycles. The highest BCUT2D eigenvalue weighted by molar-refractivity contribution is 7.26. The summed E-state index contributed by atoms with van der Waals surface area (Å²) in [7, 11) is 0. The van der Waals surface area contributed by atoms with E-state index in [2.05, 4.69) is 133 Å². The Morgan fingerprint density at radius 2 is 1.13 bits per heavy atom. The minimum absolute atomic E-state index is 0.734. The van der Waals surface area contributed by atoms with Gasteiger partial charge < -0.3 is 4.42 Å². The number of hydrogen-bond donors (Lipinski definition) is 0. The lowest BCUT2D eigenvalue weighted by Gasteiger charge is -2.11. The van der Waals surface area contributed by atoms with Gasteiger partial charge in [-0.2, -0.15) is 0 Å². The summed E-state index contributed by atoms with van der Waals surface area (Å²) in [5.41, 5.74) is 10.9. The molecule has 5 heteroatoms. The summed E-state index contributed by atoms with van der Waals surface area (Å²) in [5.74, 6) is 0.734. The van der Waals surface area contributed by atoms with E-state index in [1.165, 1.54) is 10.1 Å². The maximum Gasteiger partial charge on any atom is 0.160 e. The minimum Gasteiger partial charge on any atom is -0.455 e. The maximum absolute atomic E-state index is 6.58. The normalized spacial score (nSPS) is 11.8. The van der Waals surface area contributed by atoms with Crippen LogP contribution in [0.5, 0.6) is 0 Å². The first-order valence-corrected chi connectivity index (χ1v) is 18.2. The van der Waals surface area contributed by atoms with Crippen molar-refractivity contribution in [2.75, 3.05) is 0 Å². The summed E-state index contributed by atoms with van der Waals surface area (Å²) in [6, 6.07) is 57.2. The molecule has 0 radical (unpaired) electrons. The molecule has 7 aromatic carbocycles. The fourth-order valence-corrected chi connectivity index (χ4v) is 8.68. The molecular weight excluding hydrogens is 655 g/mol. The Morgan fingerprint density at radius 3 is 2.00 bits per heavy atom. The summed E-state index contributed by atoms with van der Waals surface area (Å²) in [6.07, 6.45) is 0. The molecule has 4 aromatic heterocycles. The van der Waals surface area contributed by atoms with Gasteiger partial charge in [-0.1, -0.05) is 133 Å². The van der Waals surface area contributed by atoms with Crippen molar-refractivity contribution in [1.29, 1.82) is 0 Å². The molecule has 0 aliphatic rings. The number of furan rings is 1. The molecule has 0 amide bonds. The number of pyridine rings is 1. The molecular formula is C47H27N3OS. The molecule has 0 aliphatic heterocycles. The van der Waals surface area contributed by atoms with E-state index in [9.17, 15) is 0 Å². The molecule has 52 heavy (non-hydrogen) atoms. The van der Waals surface area contributed by atoms with E-state index < -0.39 is 0 Å². The van der Waals surface area contributed by atoms with Gasteiger partial charge in [0.15, 0.2) is 5.82 Å². The lowest BCUT2D eigenvalue weighted by Crippen LogP contribution is -1.93. The second-order valence-electron chi connectivity index (χ2n) is 13.2. The van der Waals surface area contributed by atoms with Crippen LogP contribution in [0.2, 0.25) is 0 Å². The molecule has 0 saturated carbocycles. The van der Waals surface area contributed by atoms with Crippen molar-refractivity contribution in [2.24, 2.45) is 0 Å². The highest BCUT2D eigenvalue weighted by Crippen LogP contribution is 2.42. The van der Waals surface area contributed by atoms with Crippen LogP contribution < -0.4 is 0 Å². The van der Waals surface area contributed by atoms with Gasteiger partial charge in [0.1, 0.15) is 11.2 Å². The van der Waals surface area contributed by atoms with Gasteiger partial charge in [0.2, 0.25) is 0 Å². The topological polar surface area (TPSA) is 51.8 Å². The number of para-hydroxylation sites is 1. The van der Waals surface area contributed by atoms with E-state index in [1.54, 1.807) is 11.3 Å². The maximum atomic E-state index is 6.58. The van der Waals surface area contributed by atoms with E-state index in [0.717, 1.165) is 98.9 Å². The number of thiophene rings is 1. The Labute approximate surface area is 302 Å². The first kappa shape index (κ1) is 29.1. The van der Waals surface area contributed by atoms with Gasteiger partial charge in [0.25, 0.3) is 0 Å². The minimum atomic E-state index is 0.734. The van der Waals surface area contributed by atoms with Crippen LogP contribution in [0, 0.1) is 0 Å². The Balaban J connectivity index is 1.05. The SMILES string of the molecule is c1ccc(-c2nc(-c3ccc(-c4cccc(-c5nc6cc7ccccc7cc6c6oc7ccccc7c56)c4)cc3)c3sc4ccccc4c3n2)cc1. The molecule has 0 bridgehead atoms. The molecule has 242 valence electrons. The van der Waals surface area contributed by atoms with Gasteiger partial charge in [-0.05, 0) is 52.2 Å². The number of fused-ring (bicyclic) bond motifs is 9. The second kappa shape index (κ2) is 11.4. The molecule has 11 aromatic rings. The van der Waals surface area contributed by atoms with Crippen LogP contribution in [0.15, 0.2) is 168 Å². The highest BCUT2D eigenvalue weighted by Gasteiger charge is 2.20. The Kier molecular flexibility index (Phi) is 6.39. The number of rotatable bonds is 4. The third-order valence-electron chi connectivity index (χ3n) is 10.1. The molecule has 0 N–H and O–H groups in total. The van der Waals surface area contributed by atoms with Gasteiger partial charge >= 0.3 is 0 Å². The summed E-state index contributed by atoms with van der Waals surface area (Å²) in [5, 5.41) is 6.61. The van der Waals surface area contributed by atoms with Crippen molar-refractivity contribution < 1.29 is 4.42 Å². The molecule has 0 spiro atoms. The van der Waals surface area contributed by atoms with E-state index in [1.807, 2.05) is 30.3 Å². The summed E-state index contributed by atoms with van der Waals surface area (Å²) >= 11 is 1.75. The van der Waals surface area contributed by atoms with Crippen LogP contribution in [0.3, 0.4) is 0 Å². The largest absolute Gasteiger partial charge is 0.455 e. The van der Waals surface area contributed by atoms with Gasteiger partial charge in [-0.25, -0.2) is 15.0 Å². The zero-order valence-electron chi connectivity index (χ0n) is 27.7. The predicted molar refractivity (Wildman–Crippen MR) is 217 cm³/mol. The predicted octanol–water partition coefficient (Wildman–Crippen LogP) is 13.1. The number of aromatic nitrogens is 3. The van der Waals surface area contributed by atoms with Crippen molar-refractivity contribution in [1.82, 2.24) is 15.0 Å². The van der Waals surface area contributed by atoms with E-state index in [0.29, 0.717) is 0 Å². The zero-order valence-corrected chi connectivity index (χ0v) is 28.6. The fourth-order valence-electron chi connectivity index (χ4n) is 7.53. The van der Waals surface area contributed by atoms with E-state index in [4.69, 9.17) is 19.4 Å². The zero-order chi connectivity index (χ0) is 34.2. The molecule has 0 unspecified atom stereocenters. The summed E-state index contributed by atoms with van der Waals surface area (Å²) < 4.78 is 8.89. The van der Waals surface area contributed by atoms with Crippen LogP contribution in [-0.4, -0.2) is 15.0 Å². The monoisotopic (exact) mass is 681 g/mol. The number of benzene rings is 7. The number of nitrogens with zero attached hydrogens (tertiary/aromatic N) is 3. The lowest BCUT2D eigenvalue weighted by atomic mass is 9.97. The average Bonchev–Trinajstić information content (AvgIpc) is 3.79. The van der Waals surface area contributed by atoms with Gasteiger partial charge in [-0.15, -0.1) is 11.3 Å². The Morgan fingerprint density at radius 1 is 0.442 bits per heavy atom. The lowest BCUT2D eigenvalue weighted by molar-refractivity contribution is 0.672. The molecule has 0 atom stereocenters. The van der Waals surface area contributed by atoms with Crippen LogP contribution >= 0.6 is 11.3 Å². The molecule has 4 heterocycles. The third-order valence-corrected chi connectivity index (χ3v) is 11.2. The van der Waals surface area contributed by atoms with Crippen LogP contribution in [0.25, 0.3) is 109 Å². The third kappa shape index (κ3) is 4.57. The highest BCUT2D eigenvalue weighted by atomic mass is 32.1. The molecule has 0 aliphatic carbocycles. The van der Waals surface area contributed by atoms with Crippen LogP contribution in [0.1, 0.15) is 0 Å². The van der Waals surface area contributed by atoms with Crippen LogP contribution in [-0.2, 0) is 0 Å². The van der Waals surface area contributed by atoms with Gasteiger partial charge in [0, 0.05) is 37.5 Å². The standard InChI is InChI=1S/C47H27N3OS/c1-2-11-30(12-3-1)47-49-43(46-44(50-47)36-18-7-9-20-40(36)52-46)29-23-21-28(22-24-29)31-15-10-16-34(25-31)42-41-35-17-6-8-19-39(35)51-45(41)37-26-32-13-4-5-14-33(32)27-38(37)48-42/h1-27H. The van der Waals surface area contributed by atoms with Crippen molar-refractivity contribution in [3.8, 4) is 45.0 Å². The quantitative estimate of drug-likeness (QED) is 0.174. The average molecular weight is 682 g/mol. The summed E-state index contributed by atoms with van der Waals surface area (Å²) in [4.78, 5) is 15.6. The number of hydrogen-bond acceptors (Lipinski definition) is 5. The molecule has 0 fully saturated rings. The van der Waals surface area contributed by atoms with Crippen molar-refractivity contribution in [3.05, 3.63) is 164 Å². The van der Waals surface area contributed by atoms with E-state index >= 15 is 0 Å². The first-order chi connectivity index (χ1) is 25.7. The van der Waals surface area contributed by atoms with Gasteiger partial charge in [0.05, 0.1) is 32.5 Å². The first-order valence-electron chi connectivity index (χ1n) is 17.3. The van der Waals surface area contributed by atoms with Crippen LogP contribution in [0.4, 0.5) is 0 Å². The van der Waals surface area contributed by atoms with Gasteiger partial charge in [-0.3, -0.25) is 0 Å².